The topological polar surface area (TPSA) is 41.3 Å². The van der Waals surface area contributed by atoms with Gasteiger partial charge in [-0.1, -0.05) is 0 Å². The Morgan fingerprint density at radius 3 is 2.89 bits per heavy atom. The Labute approximate surface area is 109 Å². The Balaban J connectivity index is 1.71. The van der Waals surface area contributed by atoms with E-state index in [1.165, 1.54) is 31.6 Å². The molecule has 4 heteroatoms. The summed E-state index contributed by atoms with van der Waals surface area (Å²) in [4.78, 5) is 6.95. The van der Waals surface area contributed by atoms with Gasteiger partial charge >= 0.3 is 0 Å². The molecule has 1 fully saturated rings. The number of aliphatic hydroxyl groups is 1. The summed E-state index contributed by atoms with van der Waals surface area (Å²) in [6, 6.07) is 0. The molecule has 0 saturated carbocycles. The number of piperidine rings is 1. The quantitative estimate of drug-likeness (QED) is 0.865. The minimum absolute atomic E-state index is 0.336. The predicted octanol–water partition coefficient (Wildman–Crippen LogP) is 1.59. The van der Waals surface area contributed by atoms with Gasteiger partial charge in [0.05, 0.1) is 0 Å². The summed E-state index contributed by atoms with van der Waals surface area (Å²) >= 11 is 0. The van der Waals surface area contributed by atoms with Crippen LogP contribution in [0.25, 0.3) is 0 Å². The maximum atomic E-state index is 10.1. The number of hydrogen-bond donors (Lipinski definition) is 1. The van der Waals surface area contributed by atoms with Crippen molar-refractivity contribution in [1.82, 2.24) is 14.5 Å². The molecule has 0 aliphatic carbocycles. The van der Waals surface area contributed by atoms with Crippen molar-refractivity contribution >= 4 is 0 Å². The molecule has 18 heavy (non-hydrogen) atoms. The number of nitrogens with zero attached hydrogens (tertiary/aromatic N) is 3. The minimum Gasteiger partial charge on any atom is -0.373 e. The highest BCUT2D eigenvalue weighted by molar-refractivity contribution is 5.10. The number of likely N-dealkylation sites (tertiary alicyclic amines) is 1. The molecule has 2 aliphatic rings. The van der Waals surface area contributed by atoms with Gasteiger partial charge < -0.3 is 14.6 Å². The second-order valence-electron chi connectivity index (χ2n) is 5.86. The molecule has 4 nitrogen and oxygen atoms in total. The van der Waals surface area contributed by atoms with E-state index >= 15 is 0 Å². The van der Waals surface area contributed by atoms with Crippen molar-refractivity contribution < 1.29 is 5.11 Å². The molecule has 2 aliphatic heterocycles. The van der Waals surface area contributed by atoms with Crippen LogP contribution in [-0.2, 0) is 12.8 Å². The van der Waals surface area contributed by atoms with Crippen LogP contribution in [0.3, 0.4) is 0 Å². The van der Waals surface area contributed by atoms with Gasteiger partial charge in [-0.15, -0.1) is 0 Å². The van der Waals surface area contributed by atoms with E-state index in [1.54, 1.807) is 0 Å². The van der Waals surface area contributed by atoms with E-state index < -0.39 is 0 Å². The van der Waals surface area contributed by atoms with Gasteiger partial charge in [0, 0.05) is 18.3 Å². The Kier molecular flexibility index (Phi) is 3.39. The zero-order valence-corrected chi connectivity index (χ0v) is 11.2. The van der Waals surface area contributed by atoms with Gasteiger partial charge in [0.2, 0.25) is 0 Å². The molecule has 1 N–H and O–H groups in total. The summed E-state index contributed by atoms with van der Waals surface area (Å²) in [6.45, 7) is 2.39. The minimum atomic E-state index is -0.336. The highest BCUT2D eigenvalue weighted by atomic mass is 16.3. The number of aromatic nitrogens is 2. The maximum Gasteiger partial charge on any atom is 0.132 e. The molecule has 1 unspecified atom stereocenters. The molecular weight excluding hydrogens is 226 g/mol. The summed E-state index contributed by atoms with van der Waals surface area (Å²) in [5.41, 5.74) is 1.22. The van der Waals surface area contributed by atoms with Gasteiger partial charge in [-0.3, -0.25) is 0 Å². The Morgan fingerprint density at radius 1 is 1.33 bits per heavy atom. The lowest BCUT2D eigenvalue weighted by molar-refractivity contribution is 0.0744. The van der Waals surface area contributed by atoms with Crippen LogP contribution in [0.2, 0.25) is 0 Å². The van der Waals surface area contributed by atoms with Crippen LogP contribution >= 0.6 is 0 Å². The van der Waals surface area contributed by atoms with Crippen molar-refractivity contribution in [3.63, 3.8) is 0 Å². The molecular formula is C14H23N3O. The third-order valence-corrected chi connectivity index (χ3v) is 4.45. The molecule has 1 aromatic heterocycles. The lowest BCUT2D eigenvalue weighted by atomic mass is 9.93. The summed E-state index contributed by atoms with van der Waals surface area (Å²) in [7, 11) is 2.19. The molecule has 0 aromatic carbocycles. The van der Waals surface area contributed by atoms with Crippen molar-refractivity contribution in [2.45, 2.75) is 44.8 Å². The molecule has 0 amide bonds. The number of hydrogen-bond acceptors (Lipinski definition) is 3. The SMILES string of the molecule is CN1CCC(Cc2ncc3n2C(O)CCC3)CC1. The van der Waals surface area contributed by atoms with Gasteiger partial charge in [-0.2, -0.15) is 0 Å². The van der Waals surface area contributed by atoms with Gasteiger partial charge in [-0.05, 0) is 58.2 Å². The third kappa shape index (κ3) is 2.31. The van der Waals surface area contributed by atoms with Crippen LogP contribution in [0.4, 0.5) is 0 Å². The Morgan fingerprint density at radius 2 is 2.11 bits per heavy atom. The predicted molar refractivity (Wildman–Crippen MR) is 70.3 cm³/mol. The van der Waals surface area contributed by atoms with Crippen LogP contribution < -0.4 is 0 Å². The van der Waals surface area contributed by atoms with Crippen LogP contribution in [0.5, 0.6) is 0 Å². The van der Waals surface area contributed by atoms with Crippen LogP contribution in [-0.4, -0.2) is 39.7 Å². The number of imidazole rings is 1. The number of rotatable bonds is 2. The summed E-state index contributed by atoms with van der Waals surface area (Å²) < 4.78 is 2.09. The standard InChI is InChI=1S/C14H23N3O/c1-16-7-5-11(6-8-16)9-13-15-10-12-3-2-4-14(18)17(12)13/h10-11,14,18H,2-9H2,1H3. The Hall–Kier alpha value is -0.870. The molecule has 0 spiro atoms. The average molecular weight is 249 g/mol. The van der Waals surface area contributed by atoms with E-state index in [9.17, 15) is 5.11 Å². The second kappa shape index (κ2) is 5.02. The molecule has 0 radical (unpaired) electrons. The molecule has 100 valence electrons. The van der Waals surface area contributed by atoms with Crippen LogP contribution in [0.15, 0.2) is 6.20 Å². The first kappa shape index (κ1) is 12.2. The summed E-state index contributed by atoms with van der Waals surface area (Å²) in [5.74, 6) is 1.84. The molecule has 0 bridgehead atoms. The largest absolute Gasteiger partial charge is 0.373 e. The molecule has 1 aromatic rings. The smallest absolute Gasteiger partial charge is 0.132 e. The zero-order valence-electron chi connectivity index (χ0n) is 11.2. The highest BCUT2D eigenvalue weighted by Gasteiger charge is 2.24. The van der Waals surface area contributed by atoms with E-state index in [4.69, 9.17) is 0 Å². The van der Waals surface area contributed by atoms with E-state index in [0.717, 1.165) is 37.4 Å². The molecule has 1 saturated heterocycles. The van der Waals surface area contributed by atoms with Crippen molar-refractivity contribution in [2.24, 2.45) is 5.92 Å². The average Bonchev–Trinajstić information content (AvgIpc) is 2.77. The zero-order chi connectivity index (χ0) is 12.5. The van der Waals surface area contributed by atoms with Crippen molar-refractivity contribution in [3.05, 3.63) is 17.7 Å². The van der Waals surface area contributed by atoms with Gasteiger partial charge in [0.15, 0.2) is 0 Å². The number of fused-ring (bicyclic) bond motifs is 1. The van der Waals surface area contributed by atoms with Crippen molar-refractivity contribution in [1.29, 1.82) is 0 Å². The van der Waals surface area contributed by atoms with Gasteiger partial charge in [-0.25, -0.2) is 4.98 Å². The van der Waals surface area contributed by atoms with E-state index in [0.29, 0.717) is 0 Å². The first-order valence-electron chi connectivity index (χ1n) is 7.15. The normalized spacial score (nSPS) is 26.2. The van der Waals surface area contributed by atoms with Crippen molar-refractivity contribution in [2.75, 3.05) is 20.1 Å². The molecule has 3 heterocycles. The van der Waals surface area contributed by atoms with Crippen LogP contribution in [0, 0.1) is 5.92 Å². The van der Waals surface area contributed by atoms with E-state index in [1.807, 2.05) is 6.20 Å². The fourth-order valence-electron chi connectivity index (χ4n) is 3.26. The molecule has 1 atom stereocenters. The second-order valence-corrected chi connectivity index (χ2v) is 5.86. The van der Waals surface area contributed by atoms with Gasteiger partial charge in [0.25, 0.3) is 0 Å². The van der Waals surface area contributed by atoms with E-state index in [-0.39, 0.29) is 6.23 Å². The number of aryl methyl sites for hydroxylation is 1. The lowest BCUT2D eigenvalue weighted by Crippen LogP contribution is -2.31. The van der Waals surface area contributed by atoms with Gasteiger partial charge in [0.1, 0.15) is 12.1 Å². The first-order valence-corrected chi connectivity index (χ1v) is 7.15. The number of aliphatic hydroxyl groups excluding tert-OH is 1. The maximum absolute atomic E-state index is 10.1. The monoisotopic (exact) mass is 249 g/mol. The first-order chi connectivity index (χ1) is 8.74. The van der Waals surface area contributed by atoms with Crippen LogP contribution in [0.1, 0.15) is 43.4 Å². The molecule has 3 rings (SSSR count). The fraction of sp³-hybridized carbons (Fsp3) is 0.786. The van der Waals surface area contributed by atoms with E-state index in [2.05, 4.69) is 21.5 Å². The Bertz CT molecular complexity index is 407. The third-order valence-electron chi connectivity index (χ3n) is 4.45. The fourth-order valence-corrected chi connectivity index (χ4v) is 3.26. The highest BCUT2D eigenvalue weighted by Crippen LogP contribution is 2.27. The lowest BCUT2D eigenvalue weighted by Gasteiger charge is -2.30. The summed E-state index contributed by atoms with van der Waals surface area (Å²) in [6.07, 6.45) is 8.21. The summed E-state index contributed by atoms with van der Waals surface area (Å²) in [5, 5.41) is 10.1. The van der Waals surface area contributed by atoms with Crippen molar-refractivity contribution in [3.8, 4) is 0 Å².